The average molecular weight is 400 g/mol. The van der Waals surface area contributed by atoms with Crippen molar-refractivity contribution in [3.05, 3.63) is 88.7 Å². The van der Waals surface area contributed by atoms with Crippen molar-refractivity contribution >= 4 is 28.6 Å². The Labute approximate surface area is 175 Å². The molecule has 2 aliphatic carbocycles. The topological polar surface area (TPSA) is 63.6 Å². The van der Waals surface area contributed by atoms with E-state index in [4.69, 9.17) is 9.84 Å². The molecule has 1 aliphatic heterocycles. The van der Waals surface area contributed by atoms with Crippen LogP contribution in [-0.4, -0.2) is 23.5 Å². The van der Waals surface area contributed by atoms with Crippen molar-refractivity contribution in [2.24, 2.45) is 0 Å². The summed E-state index contributed by atoms with van der Waals surface area (Å²) < 4.78 is 4.87. The van der Waals surface area contributed by atoms with E-state index in [1.165, 1.54) is 45.4 Å². The molecule has 0 amide bonds. The van der Waals surface area contributed by atoms with Crippen molar-refractivity contribution in [2.75, 3.05) is 6.61 Å². The molecule has 0 bridgehead atoms. The van der Waals surface area contributed by atoms with Crippen LogP contribution in [0.25, 0.3) is 16.8 Å². The van der Waals surface area contributed by atoms with E-state index in [1.807, 2.05) is 0 Å². The molecule has 3 aliphatic rings. The van der Waals surface area contributed by atoms with Gasteiger partial charge in [-0.05, 0) is 64.4 Å². The third-order valence-electron chi connectivity index (χ3n) is 5.66. The van der Waals surface area contributed by atoms with Crippen molar-refractivity contribution in [1.82, 2.24) is 0 Å². The smallest absolute Gasteiger partial charge is 0.335 e. The maximum Gasteiger partial charge on any atom is 0.335 e. The SMILES string of the molecule is O=C(O)C1=CC=CC=COC1.O=C1CCc2c(ccc3c4c(ccc23)CCC=C4)C1. The van der Waals surface area contributed by atoms with Crippen LogP contribution < -0.4 is 0 Å². The first-order chi connectivity index (χ1) is 14.6. The third kappa shape index (κ3) is 4.28. The summed E-state index contributed by atoms with van der Waals surface area (Å²) in [6, 6.07) is 8.92. The number of fused-ring (bicyclic) bond motifs is 5. The first kappa shape index (κ1) is 19.9. The Morgan fingerprint density at radius 3 is 2.63 bits per heavy atom. The van der Waals surface area contributed by atoms with Crippen LogP contribution in [0.15, 0.2) is 66.5 Å². The minimum atomic E-state index is -0.940. The maximum atomic E-state index is 11.6. The van der Waals surface area contributed by atoms with Gasteiger partial charge in [0.05, 0.1) is 11.8 Å². The zero-order valence-electron chi connectivity index (χ0n) is 16.8. The monoisotopic (exact) mass is 400 g/mol. The van der Waals surface area contributed by atoms with Crippen LogP contribution in [0, 0.1) is 0 Å². The predicted octanol–water partition coefficient (Wildman–Crippen LogP) is 4.95. The molecule has 0 atom stereocenters. The Hall–Kier alpha value is -3.40. The number of ether oxygens (including phenoxy) is 1. The number of Topliss-reactive ketones (excluding diaryl/α,β-unsaturated/α-hetero) is 1. The summed E-state index contributed by atoms with van der Waals surface area (Å²) in [6.45, 7) is 0.121. The summed E-state index contributed by atoms with van der Waals surface area (Å²) >= 11 is 0. The number of aliphatic carboxylic acids is 1. The standard InChI is InChI=1S/C18H16O.C8H8O3/c19-14-7-10-16-13(11-14)6-9-17-15-4-2-1-3-12(15)5-8-18(16)17;9-8(10)7-4-2-1-3-5-11-6-7/h2,4-6,8-9H,1,3,7,10-11H2;1-5H,6H2,(H,9,10). The van der Waals surface area contributed by atoms with Crippen LogP contribution in [0.2, 0.25) is 0 Å². The molecule has 0 radical (unpaired) electrons. The van der Waals surface area contributed by atoms with Crippen molar-refractivity contribution in [3.63, 3.8) is 0 Å². The molecule has 1 N–H and O–H groups in total. The summed E-state index contributed by atoms with van der Waals surface area (Å²) in [6.07, 6.45) is 17.1. The van der Waals surface area contributed by atoms with Gasteiger partial charge in [-0.2, -0.15) is 0 Å². The molecule has 0 unspecified atom stereocenters. The number of ketones is 1. The molecular formula is C26H24O4. The molecule has 30 heavy (non-hydrogen) atoms. The van der Waals surface area contributed by atoms with Crippen molar-refractivity contribution in [2.45, 2.75) is 32.1 Å². The summed E-state index contributed by atoms with van der Waals surface area (Å²) in [4.78, 5) is 22.0. The zero-order valence-corrected chi connectivity index (χ0v) is 16.8. The van der Waals surface area contributed by atoms with Gasteiger partial charge in [-0.1, -0.05) is 48.6 Å². The second-order valence-corrected chi connectivity index (χ2v) is 7.61. The molecule has 0 fully saturated rings. The van der Waals surface area contributed by atoms with Crippen LogP contribution in [-0.2, 0) is 33.6 Å². The van der Waals surface area contributed by atoms with Gasteiger partial charge in [-0.15, -0.1) is 0 Å². The number of carboxylic acid groups (broad SMARTS) is 1. The predicted molar refractivity (Wildman–Crippen MR) is 118 cm³/mol. The molecule has 2 aromatic rings. The zero-order chi connectivity index (χ0) is 20.9. The van der Waals surface area contributed by atoms with Crippen LogP contribution in [0.3, 0.4) is 0 Å². The molecule has 0 saturated carbocycles. The first-order valence-corrected chi connectivity index (χ1v) is 10.3. The van der Waals surface area contributed by atoms with Gasteiger partial charge in [-0.3, -0.25) is 4.79 Å². The number of carbonyl (C=O) groups excluding carboxylic acids is 1. The minimum absolute atomic E-state index is 0.121. The highest BCUT2D eigenvalue weighted by molar-refractivity contribution is 5.97. The van der Waals surface area contributed by atoms with E-state index in [0.717, 1.165) is 19.3 Å². The third-order valence-corrected chi connectivity index (χ3v) is 5.66. The molecule has 4 nitrogen and oxygen atoms in total. The highest BCUT2D eigenvalue weighted by Crippen LogP contribution is 2.33. The first-order valence-electron chi connectivity index (χ1n) is 10.3. The van der Waals surface area contributed by atoms with Crippen LogP contribution in [0.5, 0.6) is 0 Å². The molecule has 4 heteroatoms. The van der Waals surface area contributed by atoms with E-state index < -0.39 is 5.97 Å². The minimum Gasteiger partial charge on any atom is -0.496 e. The lowest BCUT2D eigenvalue weighted by Crippen LogP contribution is -2.13. The average Bonchev–Trinajstić information content (AvgIpc) is 2.73. The Bertz CT molecular complexity index is 1120. The highest BCUT2D eigenvalue weighted by Gasteiger charge is 2.19. The molecular weight excluding hydrogens is 376 g/mol. The highest BCUT2D eigenvalue weighted by atomic mass is 16.5. The molecule has 0 saturated heterocycles. The van der Waals surface area contributed by atoms with Gasteiger partial charge in [0.25, 0.3) is 0 Å². The van der Waals surface area contributed by atoms with Crippen molar-refractivity contribution in [3.8, 4) is 0 Å². The summed E-state index contributed by atoms with van der Waals surface area (Å²) in [5.74, 6) is -0.561. The Balaban J connectivity index is 0.000000170. The van der Waals surface area contributed by atoms with Crippen molar-refractivity contribution < 1.29 is 19.4 Å². The molecule has 1 heterocycles. The van der Waals surface area contributed by atoms with E-state index in [2.05, 4.69) is 36.4 Å². The van der Waals surface area contributed by atoms with Crippen LogP contribution >= 0.6 is 0 Å². The van der Waals surface area contributed by atoms with Gasteiger partial charge in [0.1, 0.15) is 12.4 Å². The summed E-state index contributed by atoms with van der Waals surface area (Å²) in [7, 11) is 0. The van der Waals surface area contributed by atoms with E-state index in [-0.39, 0.29) is 12.2 Å². The van der Waals surface area contributed by atoms with Gasteiger partial charge in [-0.25, -0.2) is 4.79 Å². The Kier molecular flexibility index (Phi) is 5.94. The summed E-state index contributed by atoms with van der Waals surface area (Å²) in [5.41, 5.74) is 5.75. The largest absolute Gasteiger partial charge is 0.496 e. The van der Waals surface area contributed by atoms with Gasteiger partial charge in [0.15, 0.2) is 0 Å². The number of carbonyl (C=O) groups is 2. The van der Waals surface area contributed by atoms with Crippen molar-refractivity contribution in [1.29, 1.82) is 0 Å². The number of rotatable bonds is 1. The second-order valence-electron chi connectivity index (χ2n) is 7.61. The van der Waals surface area contributed by atoms with E-state index in [1.54, 1.807) is 18.2 Å². The van der Waals surface area contributed by atoms with E-state index >= 15 is 0 Å². The number of hydrogen-bond acceptors (Lipinski definition) is 3. The normalized spacial score (nSPS) is 16.9. The fourth-order valence-corrected chi connectivity index (χ4v) is 4.12. The number of aryl methyl sites for hydroxylation is 2. The number of allylic oxidation sites excluding steroid dienone is 5. The Morgan fingerprint density at radius 2 is 1.77 bits per heavy atom. The molecule has 0 aromatic heterocycles. The number of carboxylic acids is 1. The van der Waals surface area contributed by atoms with Crippen LogP contribution in [0.1, 0.15) is 35.1 Å². The van der Waals surface area contributed by atoms with Gasteiger partial charge < -0.3 is 9.84 Å². The molecule has 5 rings (SSSR count). The Morgan fingerprint density at radius 1 is 0.933 bits per heavy atom. The van der Waals surface area contributed by atoms with E-state index in [9.17, 15) is 9.59 Å². The quantitative estimate of drug-likeness (QED) is 0.735. The molecule has 2 aromatic carbocycles. The van der Waals surface area contributed by atoms with Gasteiger partial charge in [0, 0.05) is 12.8 Å². The number of benzene rings is 2. The van der Waals surface area contributed by atoms with Crippen LogP contribution in [0.4, 0.5) is 0 Å². The van der Waals surface area contributed by atoms with E-state index in [0.29, 0.717) is 18.6 Å². The fourth-order valence-electron chi connectivity index (χ4n) is 4.12. The number of hydrogen-bond donors (Lipinski definition) is 1. The maximum absolute atomic E-state index is 11.6. The van der Waals surface area contributed by atoms with Gasteiger partial charge in [0.2, 0.25) is 0 Å². The fraction of sp³-hybridized carbons (Fsp3) is 0.231. The lowest BCUT2D eigenvalue weighted by Gasteiger charge is -2.20. The second kappa shape index (κ2) is 8.95. The lowest BCUT2D eigenvalue weighted by atomic mass is 9.84. The lowest BCUT2D eigenvalue weighted by molar-refractivity contribution is -0.133. The summed E-state index contributed by atoms with van der Waals surface area (Å²) in [5, 5.41) is 11.3. The van der Waals surface area contributed by atoms with Gasteiger partial charge >= 0.3 is 5.97 Å². The molecule has 152 valence electrons. The molecule has 0 spiro atoms.